The molecule has 2 aromatic heterocycles. The summed E-state index contributed by atoms with van der Waals surface area (Å²) in [5, 5.41) is 8.27. The van der Waals surface area contributed by atoms with Crippen LogP contribution >= 0.6 is 11.3 Å². The lowest BCUT2D eigenvalue weighted by atomic mass is 10.2. The largest absolute Gasteiger partial charge is 0.440 e. The Hall–Kier alpha value is -3.38. The molecule has 140 valence electrons. The van der Waals surface area contributed by atoms with Crippen molar-refractivity contribution in [1.29, 1.82) is 0 Å². The number of hydrogen-bond acceptors (Lipinski definition) is 5. The molecule has 1 amide bonds. The Bertz CT molecular complexity index is 1070. The normalized spacial score (nSPS) is 10.6. The summed E-state index contributed by atoms with van der Waals surface area (Å²) in [7, 11) is 0. The van der Waals surface area contributed by atoms with Crippen LogP contribution in [0.2, 0.25) is 0 Å². The molecule has 2 aromatic carbocycles. The standard InChI is InChI=1S/C22H19N3O2S/c1-15-19(25-22(27-15)20-12-7-13-28-20)14-21(26)24-18-11-6-5-10-17(18)23-16-8-3-2-4-9-16/h2-13,23H,14H2,1H3,(H,24,26). The fraction of sp³-hybridized carbons (Fsp3) is 0.0909. The number of nitrogens with zero attached hydrogens (tertiary/aromatic N) is 1. The van der Waals surface area contributed by atoms with Gasteiger partial charge in [0.25, 0.3) is 0 Å². The predicted octanol–water partition coefficient (Wildman–Crippen LogP) is 5.64. The molecule has 2 heterocycles. The van der Waals surface area contributed by atoms with Crippen molar-refractivity contribution in [1.82, 2.24) is 4.98 Å². The first-order valence-electron chi connectivity index (χ1n) is 8.90. The third-order valence-corrected chi connectivity index (χ3v) is 5.06. The lowest BCUT2D eigenvalue weighted by Gasteiger charge is -2.13. The Morgan fingerprint density at radius 3 is 2.50 bits per heavy atom. The Morgan fingerprint density at radius 1 is 1.00 bits per heavy atom. The van der Waals surface area contributed by atoms with Crippen LogP contribution in [-0.4, -0.2) is 10.9 Å². The molecule has 0 unspecified atom stereocenters. The lowest BCUT2D eigenvalue weighted by molar-refractivity contribution is -0.115. The highest BCUT2D eigenvalue weighted by Gasteiger charge is 2.16. The van der Waals surface area contributed by atoms with E-state index in [9.17, 15) is 4.79 Å². The predicted molar refractivity (Wildman–Crippen MR) is 113 cm³/mol. The molecular weight excluding hydrogens is 370 g/mol. The summed E-state index contributed by atoms with van der Waals surface area (Å²) in [6, 6.07) is 21.3. The molecule has 0 fully saturated rings. The van der Waals surface area contributed by atoms with E-state index in [0.717, 1.165) is 21.9 Å². The maximum absolute atomic E-state index is 12.6. The number of anilines is 3. The Kier molecular flexibility index (Phi) is 5.21. The van der Waals surface area contributed by atoms with E-state index in [4.69, 9.17) is 4.42 Å². The van der Waals surface area contributed by atoms with Crippen LogP contribution < -0.4 is 10.6 Å². The zero-order valence-corrected chi connectivity index (χ0v) is 16.1. The highest BCUT2D eigenvalue weighted by molar-refractivity contribution is 7.13. The van der Waals surface area contributed by atoms with Crippen molar-refractivity contribution in [3.63, 3.8) is 0 Å². The van der Waals surface area contributed by atoms with Crippen LogP contribution in [0.5, 0.6) is 0 Å². The van der Waals surface area contributed by atoms with E-state index in [1.165, 1.54) is 0 Å². The van der Waals surface area contributed by atoms with Crippen molar-refractivity contribution in [3.8, 4) is 10.8 Å². The van der Waals surface area contributed by atoms with Crippen molar-refractivity contribution < 1.29 is 9.21 Å². The van der Waals surface area contributed by atoms with Gasteiger partial charge in [-0.1, -0.05) is 36.4 Å². The van der Waals surface area contributed by atoms with Crippen LogP contribution in [0.1, 0.15) is 11.5 Å². The molecule has 0 saturated carbocycles. The minimum Gasteiger partial charge on any atom is -0.440 e. The van der Waals surface area contributed by atoms with Crippen LogP contribution in [-0.2, 0) is 11.2 Å². The molecule has 0 aliphatic carbocycles. The molecule has 0 spiro atoms. The van der Waals surface area contributed by atoms with Crippen LogP contribution in [0.25, 0.3) is 10.8 Å². The summed E-state index contributed by atoms with van der Waals surface area (Å²) in [5.74, 6) is 1.08. The molecule has 0 atom stereocenters. The fourth-order valence-corrected chi connectivity index (χ4v) is 3.47. The average molecular weight is 389 g/mol. The molecule has 0 saturated heterocycles. The Labute approximate surface area is 167 Å². The second-order valence-corrected chi connectivity index (χ2v) is 7.21. The van der Waals surface area contributed by atoms with E-state index < -0.39 is 0 Å². The van der Waals surface area contributed by atoms with Gasteiger partial charge in [0.05, 0.1) is 28.4 Å². The monoisotopic (exact) mass is 389 g/mol. The molecule has 4 rings (SSSR count). The molecular formula is C22H19N3O2S. The van der Waals surface area contributed by atoms with Gasteiger partial charge in [0, 0.05) is 5.69 Å². The summed E-state index contributed by atoms with van der Waals surface area (Å²) >= 11 is 1.56. The van der Waals surface area contributed by atoms with E-state index >= 15 is 0 Å². The Morgan fingerprint density at radius 2 is 1.75 bits per heavy atom. The van der Waals surface area contributed by atoms with Gasteiger partial charge in [0.1, 0.15) is 5.76 Å². The van der Waals surface area contributed by atoms with Gasteiger partial charge in [-0.05, 0) is 42.6 Å². The number of thiophene rings is 1. The molecule has 6 heteroatoms. The number of rotatable bonds is 6. The van der Waals surface area contributed by atoms with E-state index in [-0.39, 0.29) is 12.3 Å². The summed E-state index contributed by atoms with van der Waals surface area (Å²) < 4.78 is 5.72. The van der Waals surface area contributed by atoms with Crippen molar-refractivity contribution in [3.05, 3.63) is 83.6 Å². The molecule has 28 heavy (non-hydrogen) atoms. The molecule has 0 aliphatic rings. The van der Waals surface area contributed by atoms with Gasteiger partial charge in [0.15, 0.2) is 0 Å². The first kappa shape index (κ1) is 18.0. The maximum Gasteiger partial charge on any atom is 0.236 e. The second-order valence-electron chi connectivity index (χ2n) is 6.26. The van der Waals surface area contributed by atoms with Gasteiger partial charge in [-0.3, -0.25) is 4.79 Å². The summed E-state index contributed by atoms with van der Waals surface area (Å²) in [5.41, 5.74) is 3.15. The zero-order chi connectivity index (χ0) is 19.3. The minimum absolute atomic E-state index is 0.142. The molecule has 0 aliphatic heterocycles. The van der Waals surface area contributed by atoms with E-state index in [0.29, 0.717) is 17.3 Å². The number of carbonyl (C=O) groups is 1. The second kappa shape index (κ2) is 8.10. The smallest absolute Gasteiger partial charge is 0.236 e. The van der Waals surface area contributed by atoms with Gasteiger partial charge in [-0.25, -0.2) is 4.98 Å². The summed E-state index contributed by atoms with van der Waals surface area (Å²) in [6.45, 7) is 1.83. The number of aryl methyl sites for hydroxylation is 1. The third-order valence-electron chi connectivity index (χ3n) is 4.21. The highest BCUT2D eigenvalue weighted by atomic mass is 32.1. The number of benzene rings is 2. The topological polar surface area (TPSA) is 67.2 Å². The average Bonchev–Trinajstić information content (AvgIpc) is 3.35. The van der Waals surface area contributed by atoms with Crippen LogP contribution in [0, 0.1) is 6.92 Å². The zero-order valence-electron chi connectivity index (χ0n) is 15.3. The van der Waals surface area contributed by atoms with Crippen LogP contribution in [0.4, 0.5) is 17.1 Å². The number of para-hydroxylation sites is 3. The summed E-state index contributed by atoms with van der Waals surface area (Å²) in [4.78, 5) is 18.1. The number of hydrogen-bond donors (Lipinski definition) is 2. The summed E-state index contributed by atoms with van der Waals surface area (Å²) in [6.07, 6.45) is 0.153. The van der Waals surface area contributed by atoms with Gasteiger partial charge >= 0.3 is 0 Å². The van der Waals surface area contributed by atoms with Crippen molar-refractivity contribution in [2.45, 2.75) is 13.3 Å². The molecule has 0 bridgehead atoms. The van der Waals surface area contributed by atoms with Crippen LogP contribution in [0.3, 0.4) is 0 Å². The van der Waals surface area contributed by atoms with Crippen molar-refractivity contribution in [2.24, 2.45) is 0 Å². The first-order chi connectivity index (χ1) is 13.7. The van der Waals surface area contributed by atoms with E-state index in [1.807, 2.05) is 79.0 Å². The Balaban J connectivity index is 1.47. The van der Waals surface area contributed by atoms with Gasteiger partial charge in [-0.15, -0.1) is 11.3 Å². The van der Waals surface area contributed by atoms with E-state index in [1.54, 1.807) is 11.3 Å². The molecule has 0 radical (unpaired) electrons. The van der Waals surface area contributed by atoms with E-state index in [2.05, 4.69) is 15.6 Å². The number of aromatic nitrogens is 1. The quantitative estimate of drug-likeness (QED) is 0.448. The number of amides is 1. The molecule has 4 aromatic rings. The molecule has 2 N–H and O–H groups in total. The molecule has 5 nitrogen and oxygen atoms in total. The number of carbonyl (C=O) groups excluding carboxylic acids is 1. The third kappa shape index (κ3) is 4.13. The fourth-order valence-electron chi connectivity index (χ4n) is 2.82. The number of nitrogens with one attached hydrogen (secondary N) is 2. The maximum atomic E-state index is 12.6. The van der Waals surface area contributed by atoms with Crippen molar-refractivity contribution in [2.75, 3.05) is 10.6 Å². The number of oxazole rings is 1. The van der Waals surface area contributed by atoms with Gasteiger partial charge < -0.3 is 15.1 Å². The van der Waals surface area contributed by atoms with Gasteiger partial charge in [-0.2, -0.15) is 0 Å². The van der Waals surface area contributed by atoms with Crippen molar-refractivity contribution >= 4 is 34.3 Å². The lowest BCUT2D eigenvalue weighted by Crippen LogP contribution is -2.16. The minimum atomic E-state index is -0.142. The van der Waals surface area contributed by atoms with Gasteiger partial charge in [0.2, 0.25) is 11.8 Å². The van der Waals surface area contributed by atoms with Crippen LogP contribution in [0.15, 0.2) is 76.5 Å². The highest BCUT2D eigenvalue weighted by Crippen LogP contribution is 2.27. The SMILES string of the molecule is Cc1oc(-c2cccs2)nc1CC(=O)Nc1ccccc1Nc1ccccc1. The first-order valence-corrected chi connectivity index (χ1v) is 9.78.